The summed E-state index contributed by atoms with van der Waals surface area (Å²) >= 11 is 0. The van der Waals surface area contributed by atoms with E-state index in [0.29, 0.717) is 11.5 Å². The summed E-state index contributed by atoms with van der Waals surface area (Å²) in [5.41, 5.74) is 0.129. The van der Waals surface area contributed by atoms with Gasteiger partial charge in [0.05, 0.1) is 10.5 Å². The molecule has 132 valence electrons. The summed E-state index contributed by atoms with van der Waals surface area (Å²) in [7, 11) is -3.69. The monoisotopic (exact) mass is 363 g/mol. The lowest BCUT2D eigenvalue weighted by molar-refractivity contribution is 0.0734. The molecule has 0 amide bonds. The molecule has 3 rings (SSSR count). The SMILES string of the molecule is CC(C)NS(=O)(=O)c1cccc(C(=O)Oc2ccc3c(c2)OCO3)c1. The highest BCUT2D eigenvalue weighted by Gasteiger charge is 2.19. The number of carbonyl (C=O) groups is 1. The zero-order valence-electron chi connectivity index (χ0n) is 13.7. The third-order valence-corrected chi connectivity index (χ3v) is 4.98. The van der Waals surface area contributed by atoms with E-state index in [9.17, 15) is 13.2 Å². The molecule has 0 spiro atoms. The molecule has 0 saturated heterocycles. The largest absolute Gasteiger partial charge is 0.454 e. The van der Waals surface area contributed by atoms with Crippen LogP contribution >= 0.6 is 0 Å². The van der Waals surface area contributed by atoms with E-state index in [1.807, 2.05) is 0 Å². The number of esters is 1. The van der Waals surface area contributed by atoms with Gasteiger partial charge in [-0.05, 0) is 44.2 Å². The van der Waals surface area contributed by atoms with Gasteiger partial charge in [0.15, 0.2) is 11.5 Å². The Labute approximate surface area is 145 Å². The van der Waals surface area contributed by atoms with Crippen molar-refractivity contribution in [3.05, 3.63) is 48.0 Å². The number of carbonyl (C=O) groups excluding carboxylic acids is 1. The average molecular weight is 363 g/mol. The standard InChI is InChI=1S/C17H17NO6S/c1-11(2)18-25(20,21)14-5-3-4-12(8-14)17(19)24-13-6-7-15-16(9-13)23-10-22-15/h3-9,11,18H,10H2,1-2H3. The van der Waals surface area contributed by atoms with Crippen LogP contribution in [-0.2, 0) is 10.0 Å². The second-order valence-electron chi connectivity index (χ2n) is 5.71. The quantitative estimate of drug-likeness (QED) is 0.648. The van der Waals surface area contributed by atoms with Crippen LogP contribution in [0.2, 0.25) is 0 Å². The lowest BCUT2D eigenvalue weighted by Crippen LogP contribution is -2.30. The Morgan fingerprint density at radius 3 is 2.64 bits per heavy atom. The fourth-order valence-electron chi connectivity index (χ4n) is 2.27. The predicted molar refractivity (Wildman–Crippen MR) is 89.4 cm³/mol. The Kier molecular flexibility index (Phi) is 4.65. The van der Waals surface area contributed by atoms with Gasteiger partial charge >= 0.3 is 5.97 Å². The summed E-state index contributed by atoms with van der Waals surface area (Å²) < 4.78 is 42.6. The third-order valence-electron chi connectivity index (χ3n) is 3.33. The second kappa shape index (κ2) is 6.73. The first kappa shape index (κ1) is 17.2. The van der Waals surface area contributed by atoms with Crippen LogP contribution in [0.15, 0.2) is 47.4 Å². The molecule has 0 radical (unpaired) electrons. The van der Waals surface area contributed by atoms with Gasteiger partial charge < -0.3 is 14.2 Å². The van der Waals surface area contributed by atoms with E-state index in [-0.39, 0.29) is 29.0 Å². The van der Waals surface area contributed by atoms with Crippen molar-refractivity contribution in [3.63, 3.8) is 0 Å². The Bertz CT molecular complexity index is 907. The van der Waals surface area contributed by atoms with E-state index < -0.39 is 16.0 Å². The first-order valence-corrected chi connectivity index (χ1v) is 9.08. The van der Waals surface area contributed by atoms with Crippen molar-refractivity contribution in [3.8, 4) is 17.2 Å². The molecule has 25 heavy (non-hydrogen) atoms. The number of ether oxygens (including phenoxy) is 3. The van der Waals surface area contributed by atoms with Crippen molar-refractivity contribution in [1.82, 2.24) is 4.72 Å². The highest BCUT2D eigenvalue weighted by molar-refractivity contribution is 7.89. The summed E-state index contributed by atoms with van der Waals surface area (Å²) in [5.74, 6) is 0.679. The fraction of sp³-hybridized carbons (Fsp3) is 0.235. The normalized spacial score (nSPS) is 13.1. The minimum atomic E-state index is -3.69. The maximum Gasteiger partial charge on any atom is 0.343 e. The van der Waals surface area contributed by atoms with Gasteiger partial charge in [-0.15, -0.1) is 0 Å². The third kappa shape index (κ3) is 3.92. The molecule has 2 aromatic carbocycles. The maximum absolute atomic E-state index is 12.3. The van der Waals surface area contributed by atoms with E-state index in [1.54, 1.807) is 32.0 Å². The second-order valence-corrected chi connectivity index (χ2v) is 7.42. The number of sulfonamides is 1. The summed E-state index contributed by atoms with van der Waals surface area (Å²) in [6.07, 6.45) is 0. The molecule has 0 unspecified atom stereocenters. The Balaban J connectivity index is 1.80. The van der Waals surface area contributed by atoms with Gasteiger partial charge in [0.2, 0.25) is 16.8 Å². The maximum atomic E-state index is 12.3. The van der Waals surface area contributed by atoms with Gasteiger partial charge in [0.25, 0.3) is 0 Å². The van der Waals surface area contributed by atoms with Gasteiger partial charge in [-0.25, -0.2) is 17.9 Å². The van der Waals surface area contributed by atoms with E-state index in [1.165, 1.54) is 24.3 Å². The lowest BCUT2D eigenvalue weighted by atomic mass is 10.2. The number of hydrogen-bond donors (Lipinski definition) is 1. The fourth-order valence-corrected chi connectivity index (χ4v) is 3.57. The molecule has 0 fully saturated rings. The number of benzene rings is 2. The number of fused-ring (bicyclic) bond motifs is 1. The molecule has 1 N–H and O–H groups in total. The van der Waals surface area contributed by atoms with Crippen molar-refractivity contribution in [2.75, 3.05) is 6.79 Å². The number of hydrogen-bond acceptors (Lipinski definition) is 6. The van der Waals surface area contributed by atoms with E-state index >= 15 is 0 Å². The predicted octanol–water partition coefficient (Wildman–Crippen LogP) is 2.32. The summed E-state index contributed by atoms with van der Waals surface area (Å²) in [5, 5.41) is 0. The van der Waals surface area contributed by atoms with Crippen molar-refractivity contribution < 1.29 is 27.4 Å². The van der Waals surface area contributed by atoms with Gasteiger partial charge in [0, 0.05) is 12.1 Å². The highest BCUT2D eigenvalue weighted by atomic mass is 32.2. The van der Waals surface area contributed by atoms with E-state index in [4.69, 9.17) is 14.2 Å². The van der Waals surface area contributed by atoms with Crippen LogP contribution in [-0.4, -0.2) is 27.2 Å². The zero-order valence-corrected chi connectivity index (χ0v) is 14.5. The minimum Gasteiger partial charge on any atom is -0.454 e. The number of rotatable bonds is 5. The van der Waals surface area contributed by atoms with Gasteiger partial charge in [0.1, 0.15) is 5.75 Å². The Hall–Kier alpha value is -2.58. The Morgan fingerprint density at radius 1 is 1.12 bits per heavy atom. The molecule has 1 heterocycles. The smallest absolute Gasteiger partial charge is 0.343 e. The first-order chi connectivity index (χ1) is 11.8. The van der Waals surface area contributed by atoms with Crippen LogP contribution in [0.3, 0.4) is 0 Å². The van der Waals surface area contributed by atoms with E-state index in [2.05, 4.69) is 4.72 Å². The average Bonchev–Trinajstić information content (AvgIpc) is 3.01. The molecular weight excluding hydrogens is 346 g/mol. The molecular formula is C17H17NO6S. The van der Waals surface area contributed by atoms with E-state index in [0.717, 1.165) is 0 Å². The molecule has 2 aromatic rings. The molecule has 0 aliphatic carbocycles. The summed E-state index contributed by atoms with van der Waals surface area (Å²) in [4.78, 5) is 12.3. The minimum absolute atomic E-state index is 0.00124. The van der Waals surface area contributed by atoms with Gasteiger partial charge in [-0.2, -0.15) is 0 Å². The molecule has 1 aliphatic rings. The van der Waals surface area contributed by atoms with Crippen molar-refractivity contribution in [1.29, 1.82) is 0 Å². The van der Waals surface area contributed by atoms with Crippen molar-refractivity contribution in [2.45, 2.75) is 24.8 Å². The Morgan fingerprint density at radius 2 is 1.88 bits per heavy atom. The van der Waals surface area contributed by atoms with Crippen LogP contribution < -0.4 is 18.9 Å². The van der Waals surface area contributed by atoms with Gasteiger partial charge in [-0.1, -0.05) is 6.07 Å². The van der Waals surface area contributed by atoms with Crippen LogP contribution in [0.1, 0.15) is 24.2 Å². The summed E-state index contributed by atoms with van der Waals surface area (Å²) in [6.45, 7) is 3.56. The first-order valence-electron chi connectivity index (χ1n) is 7.59. The van der Waals surface area contributed by atoms with Crippen LogP contribution in [0, 0.1) is 0 Å². The van der Waals surface area contributed by atoms with Crippen molar-refractivity contribution in [2.24, 2.45) is 0 Å². The molecule has 0 aromatic heterocycles. The highest BCUT2D eigenvalue weighted by Crippen LogP contribution is 2.35. The molecule has 0 atom stereocenters. The summed E-state index contributed by atoms with van der Waals surface area (Å²) in [6, 6.07) is 10.2. The van der Waals surface area contributed by atoms with Gasteiger partial charge in [-0.3, -0.25) is 0 Å². The van der Waals surface area contributed by atoms with Crippen LogP contribution in [0.4, 0.5) is 0 Å². The molecule has 0 bridgehead atoms. The van der Waals surface area contributed by atoms with Crippen LogP contribution in [0.25, 0.3) is 0 Å². The van der Waals surface area contributed by atoms with Crippen molar-refractivity contribution >= 4 is 16.0 Å². The lowest BCUT2D eigenvalue weighted by Gasteiger charge is -2.10. The zero-order chi connectivity index (χ0) is 18.0. The molecule has 0 saturated carbocycles. The number of nitrogens with one attached hydrogen (secondary N) is 1. The molecule has 8 heteroatoms. The molecule has 7 nitrogen and oxygen atoms in total. The molecule has 1 aliphatic heterocycles. The topological polar surface area (TPSA) is 90.9 Å². The van der Waals surface area contributed by atoms with Crippen LogP contribution in [0.5, 0.6) is 17.2 Å².